The molecule has 2 aliphatic rings. The number of hydrogen-bond donors (Lipinski definition) is 1. The smallest absolute Gasteiger partial charge is 0.253 e. The zero-order valence-electron chi connectivity index (χ0n) is 18.0. The number of thioether (sulfide) groups is 1. The summed E-state index contributed by atoms with van der Waals surface area (Å²) in [4.78, 5) is 13.4. The number of hydrogen-bond acceptors (Lipinski definition) is 7. The molecule has 6 nitrogen and oxygen atoms in total. The molecule has 0 radical (unpaired) electrons. The van der Waals surface area contributed by atoms with E-state index in [-0.39, 0.29) is 23.6 Å². The molecule has 1 aliphatic heterocycles. The topological polar surface area (TPSA) is 84.5 Å². The molecule has 2 N–H and O–H groups in total. The second-order valence-corrected chi connectivity index (χ2v) is 11.2. The van der Waals surface area contributed by atoms with Gasteiger partial charge in [-0.1, -0.05) is 70.6 Å². The Bertz CT molecular complexity index is 1270. The second kappa shape index (κ2) is 10.1. The van der Waals surface area contributed by atoms with Crippen molar-refractivity contribution in [1.82, 2.24) is 15.2 Å². The summed E-state index contributed by atoms with van der Waals surface area (Å²) in [5, 5.41) is 16.1. The lowest BCUT2D eigenvalue weighted by atomic mass is 9.77. The monoisotopic (exact) mass is 529 g/mol. The number of nitrogens with zero attached hydrogens (tertiary/aromatic N) is 4. The lowest BCUT2D eigenvalue weighted by Gasteiger charge is -2.29. The number of aromatic nitrogens is 2. The third-order valence-electron chi connectivity index (χ3n) is 5.90. The van der Waals surface area contributed by atoms with E-state index in [1.54, 1.807) is 5.01 Å². The van der Waals surface area contributed by atoms with Gasteiger partial charge >= 0.3 is 0 Å². The molecule has 2 heterocycles. The number of nitrogens with two attached hydrogens (primary N) is 1. The molecule has 2 aromatic carbocycles. The van der Waals surface area contributed by atoms with Crippen LogP contribution in [0.25, 0.3) is 6.08 Å². The van der Waals surface area contributed by atoms with Crippen LogP contribution in [0, 0.1) is 5.92 Å². The van der Waals surface area contributed by atoms with Crippen molar-refractivity contribution in [2.45, 2.75) is 29.6 Å². The van der Waals surface area contributed by atoms with E-state index in [0.29, 0.717) is 19.5 Å². The van der Waals surface area contributed by atoms with Gasteiger partial charge in [0.25, 0.3) is 5.91 Å². The van der Waals surface area contributed by atoms with Crippen LogP contribution in [0.5, 0.6) is 0 Å². The number of allylic oxidation sites excluding steroid dienone is 1. The Balaban J connectivity index is 1.47. The Morgan fingerprint density at radius 1 is 1.18 bits per heavy atom. The fourth-order valence-corrected chi connectivity index (χ4v) is 6.28. The average Bonchev–Trinajstić information content (AvgIpc) is 3.42. The number of rotatable bonds is 5. The Morgan fingerprint density at radius 3 is 2.74 bits per heavy atom. The number of nitrogen functional groups attached to an aromatic ring is 1. The maximum atomic E-state index is 13.4. The van der Waals surface area contributed by atoms with E-state index in [1.165, 1.54) is 23.1 Å². The van der Waals surface area contributed by atoms with Crippen LogP contribution in [0.15, 0.2) is 63.5 Å². The maximum Gasteiger partial charge on any atom is 0.253 e. The highest BCUT2D eigenvalue weighted by Gasteiger charge is 2.43. The quantitative estimate of drug-likeness (QED) is 0.389. The lowest BCUT2D eigenvalue weighted by molar-refractivity contribution is -0.130. The molecule has 1 aliphatic carbocycles. The first kappa shape index (κ1) is 23.4. The van der Waals surface area contributed by atoms with Gasteiger partial charge in [0.1, 0.15) is 0 Å². The van der Waals surface area contributed by atoms with Crippen LogP contribution in [0.4, 0.5) is 5.13 Å². The fourth-order valence-electron chi connectivity index (χ4n) is 4.47. The molecular formula is C24H21Cl2N5OS2. The number of amides is 1. The van der Waals surface area contributed by atoms with E-state index in [4.69, 9.17) is 34.0 Å². The first-order valence-corrected chi connectivity index (χ1v) is 13.4. The van der Waals surface area contributed by atoms with Gasteiger partial charge in [-0.15, -0.1) is 10.2 Å². The normalized spacial score (nSPS) is 20.9. The Labute approximate surface area is 215 Å². The Kier molecular flexibility index (Phi) is 6.92. The summed E-state index contributed by atoms with van der Waals surface area (Å²) in [6, 6.07) is 15.3. The van der Waals surface area contributed by atoms with Gasteiger partial charge in [0.05, 0.1) is 17.5 Å². The van der Waals surface area contributed by atoms with Crippen molar-refractivity contribution in [3.8, 4) is 0 Å². The van der Waals surface area contributed by atoms with Crippen molar-refractivity contribution in [1.29, 1.82) is 0 Å². The highest BCUT2D eigenvalue weighted by Crippen LogP contribution is 2.45. The van der Waals surface area contributed by atoms with Crippen LogP contribution >= 0.6 is 46.3 Å². The zero-order chi connectivity index (χ0) is 23.7. The molecule has 1 aromatic heterocycles. The molecule has 3 aromatic rings. The third-order valence-corrected chi connectivity index (χ3v) is 8.26. The van der Waals surface area contributed by atoms with Gasteiger partial charge in [0.15, 0.2) is 4.34 Å². The Morgan fingerprint density at radius 2 is 2.00 bits per heavy atom. The summed E-state index contributed by atoms with van der Waals surface area (Å²) >= 11 is 14.9. The molecule has 0 saturated heterocycles. The predicted octanol–water partition coefficient (Wildman–Crippen LogP) is 6.34. The number of carbonyl (C=O) groups is 1. The molecule has 2 unspecified atom stereocenters. The predicted molar refractivity (Wildman–Crippen MR) is 140 cm³/mol. The van der Waals surface area contributed by atoms with E-state index < -0.39 is 0 Å². The molecule has 1 saturated carbocycles. The van der Waals surface area contributed by atoms with Gasteiger partial charge in [-0.2, -0.15) is 5.10 Å². The van der Waals surface area contributed by atoms with Gasteiger partial charge in [-0.25, -0.2) is 5.01 Å². The zero-order valence-corrected chi connectivity index (χ0v) is 21.2. The number of fused-ring (bicyclic) bond motifs is 1. The minimum atomic E-state index is -0.178. The molecule has 1 amide bonds. The molecule has 0 spiro atoms. The van der Waals surface area contributed by atoms with Gasteiger partial charge in [-0.05, 0) is 66.3 Å². The number of carbonyl (C=O) groups excluding carboxylic acids is 1. The van der Waals surface area contributed by atoms with Crippen molar-refractivity contribution in [3.63, 3.8) is 0 Å². The largest absolute Gasteiger partial charge is 0.374 e. The summed E-state index contributed by atoms with van der Waals surface area (Å²) in [5.74, 6) is 0.240. The summed E-state index contributed by atoms with van der Waals surface area (Å²) in [5.41, 5.74) is 9.85. The van der Waals surface area contributed by atoms with E-state index in [1.807, 2.05) is 48.5 Å². The van der Waals surface area contributed by atoms with Crippen molar-refractivity contribution in [2.24, 2.45) is 11.0 Å². The molecule has 1 fully saturated rings. The first-order chi connectivity index (χ1) is 16.5. The van der Waals surface area contributed by atoms with Crippen LogP contribution in [0.3, 0.4) is 0 Å². The van der Waals surface area contributed by atoms with E-state index in [9.17, 15) is 4.79 Å². The molecule has 174 valence electrons. The molecule has 2 atom stereocenters. The maximum absolute atomic E-state index is 13.4. The van der Waals surface area contributed by atoms with E-state index >= 15 is 0 Å². The van der Waals surface area contributed by atoms with Gasteiger partial charge < -0.3 is 5.73 Å². The van der Waals surface area contributed by atoms with Crippen molar-refractivity contribution in [2.75, 3.05) is 11.5 Å². The SMILES string of the molecule is Nc1nnc(SCC(=O)N2N=C3C(=Cc4cccc(Cl)c4)CCCC3C2c2ccc(Cl)cc2)s1. The minimum absolute atomic E-state index is 0.0808. The van der Waals surface area contributed by atoms with Crippen LogP contribution in [-0.4, -0.2) is 32.6 Å². The van der Waals surface area contributed by atoms with E-state index in [2.05, 4.69) is 16.3 Å². The van der Waals surface area contributed by atoms with Crippen molar-refractivity contribution >= 4 is 69.1 Å². The highest BCUT2D eigenvalue weighted by atomic mass is 35.5. The van der Waals surface area contributed by atoms with Crippen LogP contribution < -0.4 is 5.73 Å². The van der Waals surface area contributed by atoms with Crippen LogP contribution in [0.1, 0.15) is 36.4 Å². The number of benzene rings is 2. The Hall–Kier alpha value is -2.39. The van der Waals surface area contributed by atoms with Crippen molar-refractivity contribution in [3.05, 3.63) is 75.3 Å². The third kappa shape index (κ3) is 5.00. The molecule has 10 heteroatoms. The molecular weight excluding hydrogens is 509 g/mol. The highest BCUT2D eigenvalue weighted by molar-refractivity contribution is 8.01. The van der Waals surface area contributed by atoms with Gasteiger partial charge in [0.2, 0.25) is 5.13 Å². The standard InChI is InChI=1S/C24H21Cl2N5OS2/c25-17-9-7-15(8-10-17)22-19-6-2-4-16(11-14-3-1-5-18(26)12-14)21(19)30-31(22)20(32)13-33-24-29-28-23(27)34-24/h1,3,5,7-12,19,22H,2,4,6,13H2,(H2,27,28). The summed E-state index contributed by atoms with van der Waals surface area (Å²) < 4.78 is 0.666. The number of hydrazone groups is 1. The average molecular weight is 531 g/mol. The van der Waals surface area contributed by atoms with Crippen molar-refractivity contribution < 1.29 is 4.79 Å². The molecule has 34 heavy (non-hydrogen) atoms. The summed E-state index contributed by atoms with van der Waals surface area (Å²) in [6.07, 6.45) is 5.04. The molecule has 5 rings (SSSR count). The van der Waals surface area contributed by atoms with Gasteiger partial charge in [0, 0.05) is 16.0 Å². The lowest BCUT2D eigenvalue weighted by Crippen LogP contribution is -2.32. The molecule has 0 bridgehead atoms. The van der Waals surface area contributed by atoms with Gasteiger partial charge in [-0.3, -0.25) is 4.79 Å². The van der Waals surface area contributed by atoms with Crippen LogP contribution in [-0.2, 0) is 4.79 Å². The first-order valence-electron chi connectivity index (χ1n) is 10.8. The fraction of sp³-hybridized carbons (Fsp3) is 0.250. The summed E-state index contributed by atoms with van der Waals surface area (Å²) in [6.45, 7) is 0. The summed E-state index contributed by atoms with van der Waals surface area (Å²) in [7, 11) is 0. The number of halogens is 2. The van der Waals surface area contributed by atoms with E-state index in [0.717, 1.165) is 41.7 Å². The number of anilines is 1. The minimum Gasteiger partial charge on any atom is -0.374 e. The second-order valence-electron chi connectivity index (χ2n) is 8.14. The van der Waals surface area contributed by atoms with Crippen LogP contribution in [0.2, 0.25) is 10.0 Å².